The fourth-order valence-electron chi connectivity index (χ4n) is 2.94. The van der Waals surface area contributed by atoms with Crippen LogP contribution in [-0.4, -0.2) is 22.2 Å². The van der Waals surface area contributed by atoms with Gasteiger partial charge in [-0.15, -0.1) is 0 Å². The van der Waals surface area contributed by atoms with E-state index in [9.17, 15) is 0 Å². The minimum atomic E-state index is 0.00498. The molecule has 0 saturated heterocycles. The quantitative estimate of drug-likeness (QED) is 0.431. The second-order valence-corrected chi connectivity index (χ2v) is 7.56. The van der Waals surface area contributed by atoms with E-state index in [1.54, 1.807) is 18.9 Å². The maximum absolute atomic E-state index is 5.38. The highest BCUT2D eigenvalue weighted by molar-refractivity contribution is 7.99. The number of pyridine rings is 1. The molecule has 5 nitrogen and oxygen atoms in total. The third-order valence-corrected chi connectivity index (χ3v) is 5.27. The zero-order valence-corrected chi connectivity index (χ0v) is 16.2. The summed E-state index contributed by atoms with van der Waals surface area (Å²) in [6.07, 6.45) is 0. The summed E-state index contributed by atoms with van der Waals surface area (Å²) in [6, 6.07) is 18.4. The number of rotatable bonds is 5. The Morgan fingerprint density at radius 3 is 2.56 bits per heavy atom. The SMILES string of the molecule is COc1ccc2c(-c3ccccc3)cc(S[C@H](C)c3nc(C)no3)nc2c1. The molecule has 6 heteroatoms. The number of methoxy groups -OCH3 is 1. The van der Waals surface area contributed by atoms with E-state index in [4.69, 9.17) is 14.2 Å². The first kappa shape index (κ1) is 17.5. The van der Waals surface area contributed by atoms with Crippen molar-refractivity contribution in [3.8, 4) is 16.9 Å². The minimum Gasteiger partial charge on any atom is -0.497 e. The molecule has 136 valence electrons. The number of hydrogen-bond donors (Lipinski definition) is 0. The number of hydrogen-bond acceptors (Lipinski definition) is 6. The Morgan fingerprint density at radius 1 is 1.04 bits per heavy atom. The Bertz CT molecular complexity index is 1080. The third kappa shape index (κ3) is 3.66. The van der Waals surface area contributed by atoms with Crippen molar-refractivity contribution < 1.29 is 9.26 Å². The predicted molar refractivity (Wildman–Crippen MR) is 107 cm³/mol. The van der Waals surface area contributed by atoms with Crippen LogP contribution in [0.15, 0.2) is 64.1 Å². The summed E-state index contributed by atoms with van der Waals surface area (Å²) in [7, 11) is 1.66. The molecule has 2 aromatic carbocycles. The first-order valence-electron chi connectivity index (χ1n) is 8.65. The topological polar surface area (TPSA) is 61.0 Å². The molecule has 0 bridgehead atoms. The van der Waals surface area contributed by atoms with Crippen LogP contribution in [0.4, 0.5) is 0 Å². The van der Waals surface area contributed by atoms with E-state index < -0.39 is 0 Å². The Kier molecular flexibility index (Phi) is 4.81. The van der Waals surface area contributed by atoms with Gasteiger partial charge < -0.3 is 9.26 Å². The van der Waals surface area contributed by atoms with Crippen molar-refractivity contribution in [1.82, 2.24) is 15.1 Å². The lowest BCUT2D eigenvalue weighted by molar-refractivity contribution is 0.376. The number of benzene rings is 2. The summed E-state index contributed by atoms with van der Waals surface area (Å²) in [5, 5.41) is 5.88. The highest BCUT2D eigenvalue weighted by atomic mass is 32.2. The van der Waals surface area contributed by atoms with E-state index >= 15 is 0 Å². The van der Waals surface area contributed by atoms with Gasteiger partial charge in [-0.25, -0.2) is 4.98 Å². The van der Waals surface area contributed by atoms with Crippen molar-refractivity contribution in [2.75, 3.05) is 7.11 Å². The molecule has 2 aromatic heterocycles. The molecule has 0 aliphatic rings. The molecule has 0 radical (unpaired) electrons. The monoisotopic (exact) mass is 377 g/mol. The molecule has 4 aromatic rings. The van der Waals surface area contributed by atoms with Gasteiger partial charge >= 0.3 is 0 Å². The fourth-order valence-corrected chi connectivity index (χ4v) is 3.83. The summed E-state index contributed by atoms with van der Waals surface area (Å²) in [5.74, 6) is 2.03. The van der Waals surface area contributed by atoms with Crippen molar-refractivity contribution in [2.45, 2.75) is 24.1 Å². The highest BCUT2D eigenvalue weighted by Crippen LogP contribution is 2.38. The van der Waals surface area contributed by atoms with E-state index in [-0.39, 0.29) is 5.25 Å². The van der Waals surface area contributed by atoms with Crippen LogP contribution >= 0.6 is 11.8 Å². The molecule has 2 heterocycles. The van der Waals surface area contributed by atoms with Crippen LogP contribution in [-0.2, 0) is 0 Å². The summed E-state index contributed by atoms with van der Waals surface area (Å²) < 4.78 is 10.7. The molecule has 1 atom stereocenters. The lowest BCUT2D eigenvalue weighted by Gasteiger charge is -2.12. The van der Waals surface area contributed by atoms with Gasteiger partial charge in [-0.1, -0.05) is 47.3 Å². The smallest absolute Gasteiger partial charge is 0.239 e. The lowest BCUT2D eigenvalue weighted by Crippen LogP contribution is -1.93. The average molecular weight is 377 g/mol. The van der Waals surface area contributed by atoms with E-state index in [1.807, 2.05) is 44.2 Å². The van der Waals surface area contributed by atoms with Crippen molar-refractivity contribution >= 4 is 22.7 Å². The zero-order chi connectivity index (χ0) is 18.8. The van der Waals surface area contributed by atoms with E-state index in [0.29, 0.717) is 11.7 Å². The molecular weight excluding hydrogens is 358 g/mol. The summed E-state index contributed by atoms with van der Waals surface area (Å²) in [5.41, 5.74) is 3.19. The van der Waals surface area contributed by atoms with Gasteiger partial charge in [0.2, 0.25) is 5.89 Å². The maximum atomic E-state index is 5.38. The molecule has 0 fully saturated rings. The van der Waals surface area contributed by atoms with Crippen LogP contribution < -0.4 is 4.74 Å². The largest absolute Gasteiger partial charge is 0.497 e. The van der Waals surface area contributed by atoms with E-state index in [1.165, 1.54) is 0 Å². The van der Waals surface area contributed by atoms with Crippen molar-refractivity contribution in [3.05, 3.63) is 66.3 Å². The van der Waals surface area contributed by atoms with Crippen LogP contribution in [0.2, 0.25) is 0 Å². The second-order valence-electron chi connectivity index (χ2n) is 6.20. The van der Waals surface area contributed by atoms with Gasteiger partial charge in [0.15, 0.2) is 5.82 Å². The lowest BCUT2D eigenvalue weighted by atomic mass is 10.0. The van der Waals surface area contributed by atoms with Crippen molar-refractivity contribution in [3.63, 3.8) is 0 Å². The van der Waals surface area contributed by atoms with Crippen LogP contribution in [0.25, 0.3) is 22.0 Å². The number of nitrogens with zero attached hydrogens (tertiary/aromatic N) is 3. The highest BCUT2D eigenvalue weighted by Gasteiger charge is 2.17. The standard InChI is InChI=1S/C21H19N3O2S/c1-13(21-22-14(2)24-26-21)27-20-12-18(15-7-5-4-6-8-15)17-10-9-16(25-3)11-19(17)23-20/h4-13H,1-3H3/t13-/m1/s1. The van der Waals surface area contributed by atoms with Gasteiger partial charge in [-0.05, 0) is 43.2 Å². The summed E-state index contributed by atoms with van der Waals surface area (Å²) in [6.45, 7) is 3.86. The molecular formula is C21H19N3O2S. The van der Waals surface area contributed by atoms with Gasteiger partial charge in [0.25, 0.3) is 0 Å². The number of thioether (sulfide) groups is 1. The first-order valence-corrected chi connectivity index (χ1v) is 9.53. The van der Waals surface area contributed by atoms with Gasteiger partial charge in [0, 0.05) is 11.5 Å². The molecule has 0 amide bonds. The van der Waals surface area contributed by atoms with Gasteiger partial charge in [0.05, 0.1) is 22.9 Å². The predicted octanol–water partition coefficient (Wildman–Crippen LogP) is 5.46. The van der Waals surface area contributed by atoms with Crippen LogP contribution in [0.5, 0.6) is 5.75 Å². The number of aromatic nitrogens is 3. The van der Waals surface area contributed by atoms with Crippen LogP contribution in [0.1, 0.15) is 23.9 Å². The maximum Gasteiger partial charge on any atom is 0.239 e. The normalized spacial score (nSPS) is 12.3. The Hall–Kier alpha value is -2.86. The molecule has 0 aliphatic heterocycles. The molecule has 0 unspecified atom stereocenters. The third-order valence-electron chi connectivity index (χ3n) is 4.27. The van der Waals surface area contributed by atoms with Gasteiger partial charge in [0.1, 0.15) is 5.75 Å². The summed E-state index contributed by atoms with van der Waals surface area (Å²) in [4.78, 5) is 9.17. The second kappa shape index (κ2) is 7.40. The van der Waals surface area contributed by atoms with Crippen molar-refractivity contribution in [2.24, 2.45) is 0 Å². The van der Waals surface area contributed by atoms with E-state index in [2.05, 4.69) is 34.4 Å². The molecule has 4 rings (SSSR count). The first-order chi connectivity index (χ1) is 13.1. The zero-order valence-electron chi connectivity index (χ0n) is 15.3. The van der Waals surface area contributed by atoms with E-state index in [0.717, 1.165) is 32.8 Å². The number of ether oxygens (including phenoxy) is 1. The number of aryl methyl sites for hydroxylation is 1. The Morgan fingerprint density at radius 2 is 1.85 bits per heavy atom. The molecule has 27 heavy (non-hydrogen) atoms. The fraction of sp³-hybridized carbons (Fsp3) is 0.190. The Labute approximate surface area is 161 Å². The summed E-state index contributed by atoms with van der Waals surface area (Å²) >= 11 is 1.60. The van der Waals surface area contributed by atoms with Crippen molar-refractivity contribution in [1.29, 1.82) is 0 Å². The average Bonchev–Trinajstić information content (AvgIpc) is 3.14. The van der Waals surface area contributed by atoms with Crippen LogP contribution in [0.3, 0.4) is 0 Å². The van der Waals surface area contributed by atoms with Gasteiger partial charge in [-0.2, -0.15) is 4.98 Å². The number of fused-ring (bicyclic) bond motifs is 1. The minimum absolute atomic E-state index is 0.00498. The molecule has 0 saturated carbocycles. The van der Waals surface area contributed by atoms with Crippen LogP contribution in [0, 0.1) is 6.92 Å². The molecule has 0 N–H and O–H groups in total. The molecule has 0 aliphatic carbocycles. The Balaban J connectivity index is 1.80. The molecule has 0 spiro atoms. The van der Waals surface area contributed by atoms with Gasteiger partial charge in [-0.3, -0.25) is 0 Å².